The molecule has 0 spiro atoms. The van der Waals surface area contributed by atoms with Crippen molar-refractivity contribution in [2.75, 3.05) is 32.6 Å². The SMILES string of the molecule is COc1ccc(CN(C)[C@H](C)C(=O)Nc2ccc(S(=O)(=O)N3CCCCC3)cc2)cc1F. The van der Waals surface area contributed by atoms with Crippen molar-refractivity contribution in [3.05, 3.63) is 53.8 Å². The van der Waals surface area contributed by atoms with E-state index in [0.717, 1.165) is 24.8 Å². The molecule has 0 bridgehead atoms. The quantitative estimate of drug-likeness (QED) is 0.649. The minimum atomic E-state index is -3.51. The standard InChI is InChI=1S/C23H30FN3O4S/c1-17(26(2)16-18-7-12-22(31-3)21(24)15-18)23(28)25-19-8-10-20(11-9-19)32(29,30)27-13-5-4-6-14-27/h7-12,15,17H,4-6,13-14,16H2,1-3H3,(H,25,28)/t17-/m1/s1. The van der Waals surface area contributed by atoms with Crippen LogP contribution in [0.5, 0.6) is 5.75 Å². The van der Waals surface area contributed by atoms with Gasteiger partial charge in [-0.3, -0.25) is 9.69 Å². The number of nitrogens with zero attached hydrogens (tertiary/aromatic N) is 2. The second kappa shape index (κ2) is 10.4. The molecule has 3 rings (SSSR count). The molecule has 0 aliphatic carbocycles. The van der Waals surface area contributed by atoms with Gasteiger partial charge in [0.1, 0.15) is 0 Å². The highest BCUT2D eigenvalue weighted by molar-refractivity contribution is 7.89. The van der Waals surface area contributed by atoms with Crippen molar-refractivity contribution in [3.8, 4) is 5.75 Å². The van der Waals surface area contributed by atoms with Crippen molar-refractivity contribution >= 4 is 21.6 Å². The van der Waals surface area contributed by atoms with Crippen molar-refractivity contribution in [1.82, 2.24) is 9.21 Å². The van der Waals surface area contributed by atoms with Crippen molar-refractivity contribution in [2.24, 2.45) is 0 Å². The summed E-state index contributed by atoms with van der Waals surface area (Å²) in [6, 6.07) is 10.5. The van der Waals surface area contributed by atoms with Crippen LogP contribution in [0.2, 0.25) is 0 Å². The van der Waals surface area contributed by atoms with Crippen LogP contribution in [0.25, 0.3) is 0 Å². The molecule has 9 heteroatoms. The van der Waals surface area contributed by atoms with Gasteiger partial charge < -0.3 is 10.1 Å². The van der Waals surface area contributed by atoms with E-state index in [1.54, 1.807) is 43.1 Å². The summed E-state index contributed by atoms with van der Waals surface area (Å²) in [5.74, 6) is -0.517. The summed E-state index contributed by atoms with van der Waals surface area (Å²) in [4.78, 5) is 14.7. The topological polar surface area (TPSA) is 79.0 Å². The molecule has 0 saturated carbocycles. The van der Waals surface area contributed by atoms with E-state index in [0.29, 0.717) is 25.3 Å². The molecular weight excluding hydrogens is 433 g/mol. The number of hydrogen-bond acceptors (Lipinski definition) is 5. The molecule has 0 unspecified atom stereocenters. The lowest BCUT2D eigenvalue weighted by Gasteiger charge is -2.26. The Labute approximate surface area is 189 Å². The molecule has 1 fully saturated rings. The molecule has 0 radical (unpaired) electrons. The number of sulfonamides is 1. The molecule has 1 N–H and O–H groups in total. The fourth-order valence-electron chi connectivity index (χ4n) is 3.64. The highest BCUT2D eigenvalue weighted by Crippen LogP contribution is 2.22. The van der Waals surface area contributed by atoms with E-state index in [2.05, 4.69) is 5.32 Å². The van der Waals surface area contributed by atoms with E-state index in [-0.39, 0.29) is 16.6 Å². The highest BCUT2D eigenvalue weighted by Gasteiger charge is 2.26. The van der Waals surface area contributed by atoms with Gasteiger partial charge in [-0.25, -0.2) is 12.8 Å². The Bertz CT molecular complexity index is 1040. The number of hydrogen-bond donors (Lipinski definition) is 1. The third kappa shape index (κ3) is 5.65. The summed E-state index contributed by atoms with van der Waals surface area (Å²) >= 11 is 0. The third-order valence-electron chi connectivity index (χ3n) is 5.76. The van der Waals surface area contributed by atoms with Gasteiger partial charge in [-0.15, -0.1) is 0 Å². The van der Waals surface area contributed by atoms with Crippen LogP contribution in [0, 0.1) is 5.82 Å². The molecule has 1 aliphatic heterocycles. The van der Waals surface area contributed by atoms with Crippen molar-refractivity contribution in [3.63, 3.8) is 0 Å². The normalized spacial score (nSPS) is 16.0. The number of likely N-dealkylation sites (N-methyl/N-ethyl adjacent to an activating group) is 1. The summed E-state index contributed by atoms with van der Waals surface area (Å²) in [7, 11) is -0.320. The fourth-order valence-corrected chi connectivity index (χ4v) is 5.16. The van der Waals surface area contributed by atoms with Crippen LogP contribution >= 0.6 is 0 Å². The molecule has 1 heterocycles. The van der Waals surface area contributed by atoms with Gasteiger partial charge in [0.2, 0.25) is 15.9 Å². The Morgan fingerprint density at radius 3 is 2.41 bits per heavy atom. The Hall–Kier alpha value is -2.49. The number of benzene rings is 2. The first kappa shape index (κ1) is 24.2. The predicted octanol–water partition coefficient (Wildman–Crippen LogP) is 3.47. The van der Waals surface area contributed by atoms with Gasteiger partial charge in [-0.2, -0.15) is 4.31 Å². The first-order chi connectivity index (χ1) is 15.2. The first-order valence-corrected chi connectivity index (χ1v) is 12.1. The third-order valence-corrected chi connectivity index (χ3v) is 7.68. The Kier molecular flexibility index (Phi) is 7.86. The number of carbonyl (C=O) groups is 1. The van der Waals surface area contributed by atoms with Crippen LogP contribution in [-0.2, 0) is 21.4 Å². The Morgan fingerprint density at radius 1 is 1.16 bits per heavy atom. The van der Waals surface area contributed by atoms with Crippen LogP contribution in [-0.4, -0.2) is 56.8 Å². The van der Waals surface area contributed by atoms with Crippen LogP contribution < -0.4 is 10.1 Å². The van der Waals surface area contributed by atoms with Gasteiger partial charge >= 0.3 is 0 Å². The summed E-state index contributed by atoms with van der Waals surface area (Å²) in [5, 5.41) is 2.81. The van der Waals surface area contributed by atoms with E-state index in [9.17, 15) is 17.6 Å². The van der Waals surface area contributed by atoms with Gasteiger partial charge in [0.05, 0.1) is 18.0 Å². The van der Waals surface area contributed by atoms with Crippen LogP contribution in [0.4, 0.5) is 10.1 Å². The average Bonchev–Trinajstić information content (AvgIpc) is 2.79. The van der Waals surface area contributed by atoms with Crippen molar-refractivity contribution in [2.45, 2.75) is 43.7 Å². The van der Waals surface area contributed by atoms with Gasteiger partial charge in [0.25, 0.3) is 0 Å². The number of methoxy groups -OCH3 is 1. The maximum atomic E-state index is 13.9. The van der Waals surface area contributed by atoms with E-state index in [4.69, 9.17) is 4.74 Å². The molecule has 174 valence electrons. The number of ether oxygens (including phenoxy) is 1. The lowest BCUT2D eigenvalue weighted by molar-refractivity contribution is -0.120. The molecule has 1 saturated heterocycles. The van der Waals surface area contributed by atoms with E-state index in [1.165, 1.54) is 29.6 Å². The lowest BCUT2D eigenvalue weighted by atomic mass is 10.1. The van der Waals surface area contributed by atoms with E-state index >= 15 is 0 Å². The largest absolute Gasteiger partial charge is 0.494 e. The Morgan fingerprint density at radius 2 is 1.81 bits per heavy atom. The summed E-state index contributed by atoms with van der Waals surface area (Å²) in [6.45, 7) is 3.22. The highest BCUT2D eigenvalue weighted by atomic mass is 32.2. The Balaban J connectivity index is 1.60. The summed E-state index contributed by atoms with van der Waals surface area (Å²) < 4.78 is 45.9. The maximum absolute atomic E-state index is 13.9. The van der Waals surface area contributed by atoms with Crippen LogP contribution in [0.3, 0.4) is 0 Å². The monoisotopic (exact) mass is 463 g/mol. The molecule has 0 aromatic heterocycles. The van der Waals surface area contributed by atoms with Crippen molar-refractivity contribution in [1.29, 1.82) is 0 Å². The molecular formula is C23H30FN3O4S. The number of amides is 1. The average molecular weight is 464 g/mol. The number of halogens is 1. The number of piperidine rings is 1. The number of carbonyl (C=O) groups excluding carboxylic acids is 1. The number of anilines is 1. The fraction of sp³-hybridized carbons (Fsp3) is 0.435. The van der Waals surface area contributed by atoms with Gasteiger partial charge in [0.15, 0.2) is 11.6 Å². The van der Waals surface area contributed by atoms with E-state index < -0.39 is 21.9 Å². The molecule has 1 aliphatic rings. The number of rotatable bonds is 8. The molecule has 7 nitrogen and oxygen atoms in total. The maximum Gasteiger partial charge on any atom is 0.243 e. The smallest absolute Gasteiger partial charge is 0.243 e. The minimum absolute atomic E-state index is 0.174. The van der Waals surface area contributed by atoms with E-state index in [1.807, 2.05) is 0 Å². The van der Waals surface area contributed by atoms with Crippen LogP contribution in [0.15, 0.2) is 47.4 Å². The first-order valence-electron chi connectivity index (χ1n) is 10.7. The number of nitrogens with one attached hydrogen (secondary N) is 1. The molecule has 2 aromatic rings. The summed E-state index contributed by atoms with van der Waals surface area (Å²) in [6.07, 6.45) is 2.81. The molecule has 2 aromatic carbocycles. The molecule has 1 amide bonds. The molecule has 1 atom stereocenters. The summed E-state index contributed by atoms with van der Waals surface area (Å²) in [5.41, 5.74) is 1.24. The predicted molar refractivity (Wildman–Crippen MR) is 122 cm³/mol. The lowest BCUT2D eigenvalue weighted by Crippen LogP contribution is -2.39. The zero-order valence-corrected chi connectivity index (χ0v) is 19.5. The van der Waals surface area contributed by atoms with Crippen molar-refractivity contribution < 1.29 is 22.3 Å². The molecule has 32 heavy (non-hydrogen) atoms. The van der Waals surface area contributed by atoms with Gasteiger partial charge in [-0.1, -0.05) is 12.5 Å². The van der Waals surface area contributed by atoms with Gasteiger partial charge in [-0.05, 0) is 68.8 Å². The minimum Gasteiger partial charge on any atom is -0.494 e. The zero-order valence-electron chi connectivity index (χ0n) is 18.7. The second-order valence-corrected chi connectivity index (χ2v) is 9.98. The zero-order chi connectivity index (χ0) is 23.3. The second-order valence-electron chi connectivity index (χ2n) is 8.04. The van der Waals surface area contributed by atoms with Crippen LogP contribution in [0.1, 0.15) is 31.7 Å². The van der Waals surface area contributed by atoms with Gasteiger partial charge in [0, 0.05) is 25.3 Å².